The molecule has 0 aliphatic carbocycles. The summed E-state index contributed by atoms with van der Waals surface area (Å²) >= 11 is 0. The Morgan fingerprint density at radius 1 is 0.205 bits per heavy atom. The first kappa shape index (κ1) is 48.0. The van der Waals surface area contributed by atoms with E-state index in [0.29, 0.717) is 22.8 Å². The van der Waals surface area contributed by atoms with Gasteiger partial charge in [-0.15, -0.1) is 6.42 Å². The summed E-state index contributed by atoms with van der Waals surface area (Å²) in [6.45, 7) is 0. The van der Waals surface area contributed by atoms with Gasteiger partial charge in [-0.3, -0.25) is 0 Å². The number of hydrogen-bond donors (Lipinski definition) is 0. The van der Waals surface area contributed by atoms with Crippen molar-refractivity contribution in [2.45, 2.75) is 0 Å². The fourth-order valence-corrected chi connectivity index (χ4v) is 9.69. The highest BCUT2D eigenvalue weighted by Crippen LogP contribution is 2.52. The average molecular weight is 991 g/mol. The largest absolute Gasteiger partial charge is 0.455 e. The van der Waals surface area contributed by atoms with Crippen molar-refractivity contribution >= 4 is 0 Å². The van der Waals surface area contributed by atoms with Crippen LogP contribution in [0.2, 0.25) is 0 Å². The minimum absolute atomic E-state index is 0.687. The van der Waals surface area contributed by atoms with Gasteiger partial charge in [0.1, 0.15) is 23.0 Å². The first-order valence-corrected chi connectivity index (χ1v) is 25.8. The molecule has 2 heterocycles. The summed E-state index contributed by atoms with van der Waals surface area (Å²) < 4.78 is 14.6. The Balaban J connectivity index is 1.09. The molecule has 2 nitrogen and oxygen atoms in total. The van der Waals surface area contributed by atoms with Crippen LogP contribution in [0.4, 0.5) is 0 Å². The van der Waals surface area contributed by atoms with Gasteiger partial charge in [-0.05, 0) is 150 Å². The van der Waals surface area contributed by atoms with Gasteiger partial charge in [-0.25, -0.2) is 0 Å². The van der Waals surface area contributed by atoms with E-state index in [2.05, 4.69) is 193 Å². The number of hydrogen-bond acceptors (Lipinski definition) is 2. The van der Waals surface area contributed by atoms with Gasteiger partial charge in [-0.1, -0.05) is 187 Å². The molecule has 12 aromatic rings. The molecule has 0 atom stereocenters. The maximum atomic E-state index is 7.34. The molecule has 0 aliphatic rings. The van der Waals surface area contributed by atoms with Gasteiger partial charge < -0.3 is 8.83 Å². The highest BCUT2D eigenvalue weighted by Gasteiger charge is 2.29. The Labute approximate surface area is 456 Å². The molecular weight excluding hydrogens is 945 g/mol. The van der Waals surface area contributed by atoms with Crippen molar-refractivity contribution in [1.29, 1.82) is 0 Å². The molecule has 2 aromatic heterocycles. The first-order valence-electron chi connectivity index (χ1n) is 25.8. The third kappa shape index (κ3) is 10.4. The maximum Gasteiger partial charge on any atom is 0.143 e. The predicted molar refractivity (Wildman–Crippen MR) is 320 cm³/mol. The zero-order valence-electron chi connectivity index (χ0n) is 42.4. The van der Waals surface area contributed by atoms with Crippen LogP contribution in [0.1, 0.15) is 38.9 Å². The van der Waals surface area contributed by atoms with Crippen molar-refractivity contribution in [3.05, 3.63) is 312 Å². The lowest BCUT2D eigenvalue weighted by atomic mass is 9.86. The van der Waals surface area contributed by atoms with Gasteiger partial charge in [0, 0.05) is 83.5 Å². The van der Waals surface area contributed by atoms with Crippen LogP contribution < -0.4 is 0 Å². The molecule has 78 heavy (non-hydrogen) atoms. The van der Waals surface area contributed by atoms with E-state index in [4.69, 9.17) is 15.3 Å². The predicted octanol–water partition coefficient (Wildman–Crippen LogP) is 18.4. The Morgan fingerprint density at radius 2 is 0.436 bits per heavy atom. The van der Waals surface area contributed by atoms with E-state index in [1.807, 2.05) is 121 Å². The van der Waals surface area contributed by atoms with Crippen LogP contribution >= 0.6 is 0 Å². The second-order valence-corrected chi connectivity index (χ2v) is 18.6. The molecule has 0 saturated heterocycles. The topological polar surface area (TPSA) is 26.3 Å². The van der Waals surface area contributed by atoms with E-state index in [1.54, 1.807) is 0 Å². The summed E-state index contributed by atoms with van der Waals surface area (Å²) in [5.41, 5.74) is 17.3. The standard InChI is InChI=1S/C76H46O2/c1-2-54-51-67(71-69(61-27-15-6-16-28-61)73(63-31-19-8-20-32-63)77-75(71)65-47-41-59(42-48-65)37-34-56-23-11-4-12-24-56)53-68(52-54)72-70(62-29-17-7-18-30-62)74(64-45-39-58(40-46-64)36-33-55-21-9-3-10-22-55)78-76(72)66-49-43-60(44-50-66)38-35-57-25-13-5-14-26-57/h1,3-32,39-53H. The van der Waals surface area contributed by atoms with Crippen LogP contribution in [0.5, 0.6) is 0 Å². The molecule has 0 amide bonds. The molecule has 0 bridgehead atoms. The van der Waals surface area contributed by atoms with Gasteiger partial charge in [-0.2, -0.15) is 0 Å². The second-order valence-electron chi connectivity index (χ2n) is 18.6. The normalized spacial score (nSPS) is 10.5. The minimum Gasteiger partial charge on any atom is -0.455 e. The summed E-state index contributed by atoms with van der Waals surface area (Å²) in [5.74, 6) is 25.9. The summed E-state index contributed by atoms with van der Waals surface area (Å²) in [6, 6.07) is 92.5. The fraction of sp³-hybridized carbons (Fsp3) is 0. The van der Waals surface area contributed by atoms with Crippen LogP contribution in [0.25, 0.3) is 89.8 Å². The molecule has 2 heteroatoms. The zero-order valence-corrected chi connectivity index (χ0v) is 42.4. The lowest BCUT2D eigenvalue weighted by molar-refractivity contribution is 0.598. The van der Waals surface area contributed by atoms with E-state index in [0.717, 1.165) is 106 Å². The monoisotopic (exact) mass is 990 g/mol. The quantitative estimate of drug-likeness (QED) is 0.142. The van der Waals surface area contributed by atoms with E-state index >= 15 is 0 Å². The SMILES string of the molecule is C#Cc1cc(-c2c(-c3ccc(C#Cc4ccccc4)cc3)oc(-c3ccccc3)c2-c2ccccc2)cc(-c2c(-c3ccc(C#Cc4ccccc4)cc3)oc(-c3ccc(C#Cc4ccccc4)cc3)c2-c2ccccc2)c1. The molecular formula is C76H46O2. The smallest absolute Gasteiger partial charge is 0.143 e. The average Bonchev–Trinajstić information content (AvgIpc) is 4.20. The lowest BCUT2D eigenvalue weighted by Crippen LogP contribution is -1.91. The Bertz CT molecular complexity index is 4300. The first-order chi connectivity index (χ1) is 38.6. The molecule has 0 saturated carbocycles. The van der Waals surface area contributed by atoms with Crippen LogP contribution in [0.3, 0.4) is 0 Å². The number of furan rings is 2. The van der Waals surface area contributed by atoms with E-state index in [-0.39, 0.29) is 0 Å². The number of benzene rings is 10. The van der Waals surface area contributed by atoms with Gasteiger partial charge in [0.05, 0.1) is 0 Å². The molecule has 0 N–H and O–H groups in total. The third-order valence-corrected chi connectivity index (χ3v) is 13.5. The summed E-state index contributed by atoms with van der Waals surface area (Å²) in [7, 11) is 0. The van der Waals surface area contributed by atoms with E-state index < -0.39 is 0 Å². The molecule has 10 aromatic carbocycles. The Kier molecular flexibility index (Phi) is 13.7. The number of terminal acetylenes is 1. The second kappa shape index (κ2) is 22.2. The van der Waals surface area contributed by atoms with Gasteiger partial charge in [0.15, 0.2) is 0 Å². The summed E-state index contributed by atoms with van der Waals surface area (Å²) in [5, 5.41) is 0. The minimum atomic E-state index is 0.687. The van der Waals surface area contributed by atoms with Gasteiger partial charge in [0.25, 0.3) is 0 Å². The van der Waals surface area contributed by atoms with E-state index in [1.165, 1.54) is 0 Å². The van der Waals surface area contributed by atoms with Crippen molar-refractivity contribution in [3.63, 3.8) is 0 Å². The molecule has 0 unspecified atom stereocenters. The molecule has 0 radical (unpaired) electrons. The number of rotatable bonds is 8. The van der Waals surface area contributed by atoms with Crippen LogP contribution in [-0.4, -0.2) is 0 Å². The summed E-state index contributed by atoms with van der Waals surface area (Å²) in [6.07, 6.45) is 6.55. The molecule has 0 aliphatic heterocycles. The fourth-order valence-electron chi connectivity index (χ4n) is 9.69. The molecule has 362 valence electrons. The highest BCUT2D eigenvalue weighted by molar-refractivity contribution is 6.04. The van der Waals surface area contributed by atoms with Crippen molar-refractivity contribution in [2.75, 3.05) is 0 Å². The van der Waals surface area contributed by atoms with Crippen molar-refractivity contribution < 1.29 is 8.83 Å². The highest BCUT2D eigenvalue weighted by atomic mass is 16.3. The van der Waals surface area contributed by atoms with Crippen LogP contribution in [0, 0.1) is 47.9 Å². The van der Waals surface area contributed by atoms with Gasteiger partial charge in [0.2, 0.25) is 0 Å². The van der Waals surface area contributed by atoms with Crippen LogP contribution in [-0.2, 0) is 0 Å². The lowest BCUT2D eigenvalue weighted by Gasteiger charge is -2.14. The molecule has 0 spiro atoms. The molecule has 12 rings (SSSR count). The Hall–Kier alpha value is -11.0. The molecule has 0 fully saturated rings. The maximum absolute atomic E-state index is 7.34. The van der Waals surface area contributed by atoms with Crippen molar-refractivity contribution in [2.24, 2.45) is 0 Å². The van der Waals surface area contributed by atoms with E-state index in [9.17, 15) is 0 Å². The van der Waals surface area contributed by atoms with Crippen LogP contribution in [0.15, 0.2) is 282 Å². The summed E-state index contributed by atoms with van der Waals surface area (Å²) in [4.78, 5) is 0. The van der Waals surface area contributed by atoms with Crippen molar-refractivity contribution in [1.82, 2.24) is 0 Å². The Morgan fingerprint density at radius 3 is 0.718 bits per heavy atom. The third-order valence-electron chi connectivity index (χ3n) is 13.5. The van der Waals surface area contributed by atoms with Gasteiger partial charge >= 0.3 is 0 Å². The van der Waals surface area contributed by atoms with Crippen molar-refractivity contribution in [3.8, 4) is 138 Å². The zero-order chi connectivity index (χ0) is 52.5.